The van der Waals surface area contributed by atoms with Crippen molar-refractivity contribution in [2.24, 2.45) is 9.98 Å². The van der Waals surface area contributed by atoms with Crippen LogP contribution < -0.4 is 5.32 Å². The van der Waals surface area contributed by atoms with E-state index >= 15 is 0 Å². The monoisotopic (exact) mass is 375 g/mol. The van der Waals surface area contributed by atoms with Gasteiger partial charge in [0.05, 0.1) is 18.8 Å². The van der Waals surface area contributed by atoms with Crippen molar-refractivity contribution in [3.63, 3.8) is 0 Å². The molecule has 0 aliphatic carbocycles. The van der Waals surface area contributed by atoms with Crippen LogP contribution in [-0.2, 0) is 0 Å². The second-order valence-electron chi connectivity index (χ2n) is 6.58. The number of hydrogen-bond donors (Lipinski definition) is 1. The van der Waals surface area contributed by atoms with Crippen molar-refractivity contribution in [1.29, 1.82) is 5.26 Å². The van der Waals surface area contributed by atoms with Gasteiger partial charge >= 0.3 is 0 Å². The number of anilines is 1. The van der Waals surface area contributed by atoms with Gasteiger partial charge in [0.2, 0.25) is 6.19 Å². The van der Waals surface area contributed by atoms with E-state index in [1.54, 1.807) is 18.6 Å². The average Bonchev–Trinajstić information content (AvgIpc) is 3.37. The second-order valence-corrected chi connectivity index (χ2v) is 6.58. The number of aromatic nitrogens is 2. The maximum absolute atomic E-state index is 8.95. The van der Waals surface area contributed by atoms with Crippen molar-refractivity contribution < 1.29 is 0 Å². The minimum Gasteiger partial charge on any atom is -0.337 e. The molecular weight excluding hydrogens is 350 g/mol. The fourth-order valence-corrected chi connectivity index (χ4v) is 3.11. The molecule has 144 valence electrons. The predicted octanol–water partition coefficient (Wildman–Crippen LogP) is 4.11. The van der Waals surface area contributed by atoms with Crippen molar-refractivity contribution in [2.75, 3.05) is 11.9 Å². The van der Waals surface area contributed by atoms with Gasteiger partial charge in [-0.1, -0.05) is 39.8 Å². The summed E-state index contributed by atoms with van der Waals surface area (Å²) in [5.74, 6) is 2.03. The Morgan fingerprint density at radius 1 is 1.21 bits per heavy atom. The highest BCUT2D eigenvalue weighted by atomic mass is 15.3. The van der Waals surface area contributed by atoms with Gasteiger partial charge in [0.25, 0.3) is 0 Å². The SMILES string of the molecule is CC.CC(C)c1ccc(NC2=NC=CN3C2=NCC3c2cnn(C#N)c2)cc1. The highest BCUT2D eigenvalue weighted by Crippen LogP contribution is 2.29. The van der Waals surface area contributed by atoms with Crippen LogP contribution in [0.4, 0.5) is 5.69 Å². The Balaban J connectivity index is 0.00000109. The number of fused-ring (bicyclic) bond motifs is 1. The summed E-state index contributed by atoms with van der Waals surface area (Å²) in [6.07, 6.45) is 9.11. The maximum atomic E-state index is 8.95. The lowest BCUT2D eigenvalue weighted by molar-refractivity contribution is 0.458. The summed E-state index contributed by atoms with van der Waals surface area (Å²) in [5, 5.41) is 16.3. The van der Waals surface area contributed by atoms with Crippen LogP contribution in [0.25, 0.3) is 0 Å². The summed E-state index contributed by atoms with van der Waals surface area (Å²) in [5.41, 5.74) is 3.24. The van der Waals surface area contributed by atoms with Gasteiger partial charge in [-0.15, -0.1) is 0 Å². The molecule has 7 nitrogen and oxygen atoms in total. The Morgan fingerprint density at radius 3 is 2.61 bits per heavy atom. The zero-order valence-corrected chi connectivity index (χ0v) is 16.7. The first-order valence-electron chi connectivity index (χ1n) is 9.55. The first kappa shape index (κ1) is 19.4. The molecule has 3 heterocycles. The Labute approximate surface area is 165 Å². The highest BCUT2D eigenvalue weighted by molar-refractivity contribution is 6.45. The van der Waals surface area contributed by atoms with E-state index in [4.69, 9.17) is 5.26 Å². The summed E-state index contributed by atoms with van der Waals surface area (Å²) in [4.78, 5) is 11.2. The van der Waals surface area contributed by atoms with Crippen LogP contribution in [0.15, 0.2) is 59.0 Å². The quantitative estimate of drug-likeness (QED) is 0.875. The van der Waals surface area contributed by atoms with Crippen LogP contribution in [0.3, 0.4) is 0 Å². The van der Waals surface area contributed by atoms with Crippen molar-refractivity contribution in [2.45, 2.75) is 39.7 Å². The second kappa shape index (κ2) is 8.53. The normalized spacial score (nSPS) is 17.3. The van der Waals surface area contributed by atoms with E-state index in [0.717, 1.165) is 22.9 Å². The predicted molar refractivity (Wildman–Crippen MR) is 112 cm³/mol. The highest BCUT2D eigenvalue weighted by Gasteiger charge is 2.32. The smallest absolute Gasteiger partial charge is 0.206 e. The van der Waals surface area contributed by atoms with E-state index in [2.05, 4.69) is 63.4 Å². The van der Waals surface area contributed by atoms with Crippen LogP contribution in [0.5, 0.6) is 0 Å². The molecule has 4 rings (SSSR count). The Bertz CT molecular complexity index is 942. The van der Waals surface area contributed by atoms with Crippen LogP contribution >= 0.6 is 0 Å². The van der Waals surface area contributed by atoms with E-state index in [0.29, 0.717) is 12.5 Å². The largest absolute Gasteiger partial charge is 0.337 e. The molecule has 0 amide bonds. The fraction of sp³-hybridized carbons (Fsp3) is 0.333. The van der Waals surface area contributed by atoms with Crippen molar-refractivity contribution >= 4 is 17.4 Å². The summed E-state index contributed by atoms with van der Waals surface area (Å²) in [6, 6.07) is 8.40. The Hall–Kier alpha value is -3.40. The van der Waals surface area contributed by atoms with Crippen LogP contribution in [0.2, 0.25) is 0 Å². The third-order valence-corrected chi connectivity index (χ3v) is 4.57. The molecule has 1 atom stereocenters. The van der Waals surface area contributed by atoms with Gasteiger partial charge in [0.1, 0.15) is 0 Å². The fourth-order valence-electron chi connectivity index (χ4n) is 3.11. The van der Waals surface area contributed by atoms with Gasteiger partial charge in [-0.2, -0.15) is 15.0 Å². The maximum Gasteiger partial charge on any atom is 0.206 e. The van der Waals surface area contributed by atoms with E-state index < -0.39 is 0 Å². The first-order valence-corrected chi connectivity index (χ1v) is 9.55. The molecule has 0 fully saturated rings. The lowest BCUT2D eigenvalue weighted by Gasteiger charge is -2.26. The topological polar surface area (TPSA) is 81.6 Å². The van der Waals surface area contributed by atoms with Gasteiger partial charge < -0.3 is 10.2 Å². The van der Waals surface area contributed by atoms with E-state index in [1.807, 2.05) is 26.2 Å². The third-order valence-electron chi connectivity index (χ3n) is 4.57. The zero-order valence-electron chi connectivity index (χ0n) is 16.7. The van der Waals surface area contributed by atoms with Gasteiger partial charge in [0.15, 0.2) is 11.7 Å². The Kier molecular flexibility index (Phi) is 5.90. The molecule has 1 N–H and O–H groups in total. The number of hydrogen-bond acceptors (Lipinski definition) is 6. The molecule has 28 heavy (non-hydrogen) atoms. The minimum atomic E-state index is 0.0268. The number of nitriles is 1. The van der Waals surface area contributed by atoms with Crippen LogP contribution in [0, 0.1) is 11.5 Å². The number of nitrogens with one attached hydrogen (secondary N) is 1. The molecule has 2 aliphatic rings. The molecule has 0 saturated heterocycles. The molecule has 2 aliphatic heterocycles. The van der Waals surface area contributed by atoms with E-state index in [1.165, 1.54) is 10.2 Å². The summed E-state index contributed by atoms with van der Waals surface area (Å²) in [6.45, 7) is 8.96. The number of nitrogens with zero attached hydrogens (tertiary/aromatic N) is 6. The zero-order chi connectivity index (χ0) is 20.1. The molecule has 1 unspecified atom stereocenters. The number of aliphatic imine (C=N–C) groups is 2. The number of benzene rings is 1. The Morgan fingerprint density at radius 2 is 1.96 bits per heavy atom. The van der Waals surface area contributed by atoms with Gasteiger partial charge in [-0.25, -0.2) is 4.99 Å². The summed E-state index contributed by atoms with van der Waals surface area (Å²) in [7, 11) is 0. The first-order chi connectivity index (χ1) is 13.7. The molecule has 0 radical (unpaired) electrons. The van der Waals surface area contributed by atoms with Gasteiger partial charge in [-0.3, -0.25) is 4.99 Å². The van der Waals surface area contributed by atoms with Gasteiger partial charge in [0, 0.05) is 29.8 Å². The number of rotatable bonds is 3. The molecular formula is C21H25N7. The molecule has 1 aromatic carbocycles. The standard InChI is InChI=1S/C19H19N7.C2H6/c1-13(2)14-3-5-16(6-4-14)24-18-19-22-10-17(26(19)8-7-21-18)15-9-23-25(11-15)12-20;1-2/h3-9,11,13,17H,10H2,1-2H3,(H,21,24);1-2H3. The molecule has 1 aromatic heterocycles. The average molecular weight is 375 g/mol. The lowest BCUT2D eigenvalue weighted by Crippen LogP contribution is -2.37. The summed E-state index contributed by atoms with van der Waals surface area (Å²) < 4.78 is 1.25. The lowest BCUT2D eigenvalue weighted by atomic mass is 10.0. The number of amidine groups is 2. The van der Waals surface area contributed by atoms with Gasteiger partial charge in [-0.05, 0) is 23.6 Å². The van der Waals surface area contributed by atoms with Crippen molar-refractivity contribution in [1.82, 2.24) is 14.7 Å². The molecule has 0 spiro atoms. The van der Waals surface area contributed by atoms with Crippen molar-refractivity contribution in [3.05, 3.63) is 60.2 Å². The van der Waals surface area contributed by atoms with E-state index in [-0.39, 0.29) is 6.04 Å². The molecule has 2 aromatic rings. The molecule has 7 heteroatoms. The van der Waals surface area contributed by atoms with Crippen molar-refractivity contribution in [3.8, 4) is 6.19 Å². The third kappa shape index (κ3) is 3.81. The molecule has 0 saturated carbocycles. The van der Waals surface area contributed by atoms with Crippen LogP contribution in [-0.4, -0.2) is 32.9 Å². The molecule has 0 bridgehead atoms. The van der Waals surface area contributed by atoms with E-state index in [9.17, 15) is 0 Å². The summed E-state index contributed by atoms with van der Waals surface area (Å²) >= 11 is 0. The van der Waals surface area contributed by atoms with Crippen LogP contribution in [0.1, 0.15) is 50.8 Å². The minimum absolute atomic E-state index is 0.0268.